The number of hydrogen-bond acceptors (Lipinski definition) is 4. The van der Waals surface area contributed by atoms with Crippen LogP contribution in [0.2, 0.25) is 0 Å². The molecule has 2 heterocycles. The molecule has 3 rings (SSSR count). The molecule has 0 bridgehead atoms. The molecule has 0 unspecified atom stereocenters. The lowest BCUT2D eigenvalue weighted by Crippen LogP contribution is -2.45. The van der Waals surface area contributed by atoms with Gasteiger partial charge in [0, 0.05) is 38.2 Å². The first-order chi connectivity index (χ1) is 10.3. The number of pyridine rings is 1. The smallest absolute Gasteiger partial charge is 0.404 e. The maximum Gasteiger partial charge on any atom is 0.513 e. The Morgan fingerprint density at radius 3 is 2.33 bits per heavy atom. The maximum atomic E-state index is 5.83. The van der Waals surface area contributed by atoms with Crippen LogP contribution in [0.4, 0.5) is 5.69 Å². The first-order valence-electron chi connectivity index (χ1n) is 7.29. The molecule has 0 N–H and O–H groups in total. The fraction of sp³-hybridized carbons (Fsp3) is 0.312. The van der Waals surface area contributed by atoms with E-state index in [4.69, 9.17) is 9.31 Å². The van der Waals surface area contributed by atoms with Crippen molar-refractivity contribution in [1.82, 2.24) is 4.98 Å². The number of nitrogens with zero attached hydrogens (tertiary/aromatic N) is 2. The number of anilines is 1. The van der Waals surface area contributed by atoms with Crippen LogP contribution < -0.4 is 10.5 Å². The van der Waals surface area contributed by atoms with Crippen molar-refractivity contribution >= 4 is 18.4 Å². The van der Waals surface area contributed by atoms with E-state index in [1.807, 2.05) is 31.3 Å². The third-order valence-electron chi connectivity index (χ3n) is 3.56. The molecule has 0 saturated carbocycles. The molecule has 2 aromatic rings. The molecule has 0 atom stereocenters. The van der Waals surface area contributed by atoms with E-state index in [1.165, 1.54) is 5.69 Å². The number of para-hydroxylation sites is 1. The zero-order chi connectivity index (χ0) is 14.5. The van der Waals surface area contributed by atoms with Gasteiger partial charge in [0.15, 0.2) is 0 Å². The highest BCUT2D eigenvalue weighted by Gasteiger charge is 2.25. The van der Waals surface area contributed by atoms with Crippen LogP contribution in [0.5, 0.6) is 0 Å². The van der Waals surface area contributed by atoms with Crippen molar-refractivity contribution in [2.24, 2.45) is 0 Å². The van der Waals surface area contributed by atoms with Crippen LogP contribution in [0.3, 0.4) is 0 Å². The van der Waals surface area contributed by atoms with Crippen LogP contribution >= 0.6 is 0 Å². The van der Waals surface area contributed by atoms with E-state index in [2.05, 4.69) is 34.1 Å². The first-order valence-corrected chi connectivity index (χ1v) is 7.29. The highest BCUT2D eigenvalue weighted by molar-refractivity contribution is 6.60. The highest BCUT2D eigenvalue weighted by Crippen LogP contribution is 2.13. The minimum Gasteiger partial charge on any atom is -0.404 e. The normalized spacial score (nSPS) is 16.4. The Balaban J connectivity index is 1.62. The molecule has 4 nitrogen and oxygen atoms in total. The summed E-state index contributed by atoms with van der Waals surface area (Å²) in [7, 11) is -0.358. The van der Waals surface area contributed by atoms with Crippen LogP contribution in [-0.4, -0.2) is 38.4 Å². The van der Waals surface area contributed by atoms with Crippen molar-refractivity contribution in [1.29, 1.82) is 0 Å². The summed E-state index contributed by atoms with van der Waals surface area (Å²) < 4.78 is 11.7. The predicted octanol–water partition coefficient (Wildman–Crippen LogP) is 1.64. The molecular weight excluding hydrogens is 263 g/mol. The average Bonchev–Trinajstić information content (AvgIpc) is 2.49. The lowest BCUT2D eigenvalue weighted by Gasteiger charge is -2.28. The molecule has 108 valence electrons. The Labute approximate surface area is 125 Å². The van der Waals surface area contributed by atoms with Gasteiger partial charge >= 0.3 is 7.12 Å². The third kappa shape index (κ3) is 3.62. The number of hydrogen-bond donors (Lipinski definition) is 0. The Morgan fingerprint density at radius 2 is 1.71 bits per heavy atom. The van der Waals surface area contributed by atoms with E-state index in [0.717, 1.165) is 24.2 Å². The topological polar surface area (TPSA) is 34.6 Å². The number of rotatable bonds is 2. The van der Waals surface area contributed by atoms with Crippen molar-refractivity contribution < 1.29 is 9.31 Å². The van der Waals surface area contributed by atoms with Crippen molar-refractivity contribution in [2.45, 2.75) is 6.92 Å². The van der Waals surface area contributed by atoms with Gasteiger partial charge in [-0.15, -0.1) is 0 Å². The van der Waals surface area contributed by atoms with E-state index < -0.39 is 0 Å². The zero-order valence-corrected chi connectivity index (χ0v) is 12.2. The van der Waals surface area contributed by atoms with Gasteiger partial charge in [-0.3, -0.25) is 4.98 Å². The highest BCUT2D eigenvalue weighted by atomic mass is 16.6. The molecule has 1 aromatic carbocycles. The van der Waals surface area contributed by atoms with Gasteiger partial charge in [-0.1, -0.05) is 24.3 Å². The summed E-state index contributed by atoms with van der Waals surface area (Å²) in [6.45, 7) is 4.98. The lowest BCUT2D eigenvalue weighted by molar-refractivity contribution is 0.197. The second-order valence-electron chi connectivity index (χ2n) is 5.16. The minimum absolute atomic E-state index is 0.358. The minimum atomic E-state index is -0.358. The third-order valence-corrected chi connectivity index (χ3v) is 3.56. The Morgan fingerprint density at radius 1 is 1.00 bits per heavy atom. The SMILES string of the molecule is Cc1ccc(B2OCCN(c3ccccc3)CCO2)nc1. The molecule has 1 aliphatic heterocycles. The van der Waals surface area contributed by atoms with Gasteiger partial charge in [0.2, 0.25) is 0 Å². The molecule has 1 saturated heterocycles. The fourth-order valence-electron chi connectivity index (χ4n) is 2.39. The van der Waals surface area contributed by atoms with Crippen LogP contribution in [-0.2, 0) is 9.31 Å². The summed E-state index contributed by atoms with van der Waals surface area (Å²) in [4.78, 5) is 6.66. The quantitative estimate of drug-likeness (QED) is 0.784. The second kappa shape index (κ2) is 6.74. The summed E-state index contributed by atoms with van der Waals surface area (Å²) in [5, 5.41) is 0. The second-order valence-corrected chi connectivity index (χ2v) is 5.16. The van der Waals surface area contributed by atoms with Gasteiger partial charge < -0.3 is 14.2 Å². The largest absolute Gasteiger partial charge is 0.513 e. The van der Waals surface area contributed by atoms with Gasteiger partial charge in [0.25, 0.3) is 0 Å². The zero-order valence-electron chi connectivity index (χ0n) is 12.2. The van der Waals surface area contributed by atoms with Crippen molar-refractivity contribution in [2.75, 3.05) is 31.2 Å². The maximum absolute atomic E-state index is 5.83. The van der Waals surface area contributed by atoms with Gasteiger partial charge in [-0.2, -0.15) is 0 Å². The van der Waals surface area contributed by atoms with Crippen molar-refractivity contribution in [3.05, 3.63) is 54.2 Å². The molecule has 1 fully saturated rings. The molecular formula is C16H19BN2O2. The number of aromatic nitrogens is 1. The summed E-state index contributed by atoms with van der Waals surface area (Å²) in [5.74, 6) is 0. The van der Waals surface area contributed by atoms with Crippen LogP contribution in [0.1, 0.15) is 5.56 Å². The van der Waals surface area contributed by atoms with Crippen molar-refractivity contribution in [3.63, 3.8) is 0 Å². The molecule has 1 aromatic heterocycles. The van der Waals surface area contributed by atoms with E-state index in [-0.39, 0.29) is 7.12 Å². The van der Waals surface area contributed by atoms with E-state index in [0.29, 0.717) is 13.2 Å². The molecule has 0 spiro atoms. The van der Waals surface area contributed by atoms with Gasteiger partial charge in [0.1, 0.15) is 0 Å². The van der Waals surface area contributed by atoms with E-state index >= 15 is 0 Å². The molecule has 0 radical (unpaired) electrons. The summed E-state index contributed by atoms with van der Waals surface area (Å²) in [6, 6.07) is 14.4. The number of aryl methyl sites for hydroxylation is 1. The van der Waals surface area contributed by atoms with Gasteiger partial charge in [0.05, 0.1) is 5.59 Å². The molecule has 0 aliphatic carbocycles. The Bertz CT molecular complexity index is 552. The monoisotopic (exact) mass is 282 g/mol. The van der Waals surface area contributed by atoms with E-state index in [1.54, 1.807) is 0 Å². The van der Waals surface area contributed by atoms with Crippen LogP contribution in [0.25, 0.3) is 0 Å². The van der Waals surface area contributed by atoms with Crippen LogP contribution in [0.15, 0.2) is 48.7 Å². The Kier molecular flexibility index (Phi) is 4.53. The van der Waals surface area contributed by atoms with Crippen LogP contribution in [0, 0.1) is 6.92 Å². The van der Waals surface area contributed by atoms with Gasteiger partial charge in [-0.25, -0.2) is 0 Å². The van der Waals surface area contributed by atoms with Crippen molar-refractivity contribution in [3.8, 4) is 0 Å². The van der Waals surface area contributed by atoms with Gasteiger partial charge in [-0.05, 0) is 30.7 Å². The molecule has 1 aliphatic rings. The summed E-state index contributed by atoms with van der Waals surface area (Å²) in [6.07, 6.45) is 1.84. The predicted molar refractivity (Wildman–Crippen MR) is 84.9 cm³/mol. The molecule has 0 amide bonds. The molecule has 5 heteroatoms. The Hall–Kier alpha value is -1.85. The lowest BCUT2D eigenvalue weighted by atomic mass is 9.83. The standard InChI is InChI=1S/C16H19BN2O2/c1-14-7-8-16(18-13-14)17-20-11-9-19(10-12-21-17)15-5-3-2-4-6-15/h2-8,13H,9-12H2,1H3. The number of benzene rings is 1. The summed E-state index contributed by atoms with van der Waals surface area (Å²) in [5.41, 5.74) is 3.19. The molecule has 21 heavy (non-hydrogen) atoms. The summed E-state index contributed by atoms with van der Waals surface area (Å²) >= 11 is 0. The fourth-order valence-corrected chi connectivity index (χ4v) is 2.39. The average molecular weight is 282 g/mol. The first kappa shape index (κ1) is 14.1. The van der Waals surface area contributed by atoms with E-state index in [9.17, 15) is 0 Å².